The molecule has 0 unspecified atom stereocenters. The largest absolute Gasteiger partial charge is 0.459 e. The van der Waals surface area contributed by atoms with Crippen LogP contribution in [0, 0.1) is 12.7 Å². The number of furan rings is 1. The van der Waals surface area contributed by atoms with Crippen molar-refractivity contribution < 1.29 is 23.2 Å². The first kappa shape index (κ1) is 24.2. The van der Waals surface area contributed by atoms with Crippen molar-refractivity contribution in [2.24, 2.45) is 0 Å². The van der Waals surface area contributed by atoms with Gasteiger partial charge in [0, 0.05) is 17.3 Å². The molecule has 0 bridgehead atoms. The highest BCUT2D eigenvalue weighted by Crippen LogP contribution is 2.31. The lowest BCUT2D eigenvalue weighted by molar-refractivity contribution is -0.126. The van der Waals surface area contributed by atoms with Gasteiger partial charge >= 0.3 is 0 Å². The third-order valence-electron chi connectivity index (χ3n) is 6.13. The van der Waals surface area contributed by atoms with Crippen LogP contribution >= 0.6 is 0 Å². The molecule has 1 aliphatic carbocycles. The Morgan fingerprint density at radius 3 is 2.40 bits per heavy atom. The fourth-order valence-electron chi connectivity index (χ4n) is 4.32. The Kier molecular flexibility index (Phi) is 7.60. The number of carbonyl (C=O) groups is 3. The van der Waals surface area contributed by atoms with Gasteiger partial charge in [0.25, 0.3) is 5.91 Å². The summed E-state index contributed by atoms with van der Waals surface area (Å²) in [4.78, 5) is 40.7. The first-order valence-electron chi connectivity index (χ1n) is 11.7. The smallest absolute Gasteiger partial charge is 0.287 e. The summed E-state index contributed by atoms with van der Waals surface area (Å²) < 4.78 is 20.1. The van der Waals surface area contributed by atoms with Crippen molar-refractivity contribution in [3.8, 4) is 0 Å². The van der Waals surface area contributed by atoms with Gasteiger partial charge in [-0.15, -0.1) is 0 Å². The normalized spacial score (nSPS) is 14.3. The van der Waals surface area contributed by atoms with Crippen LogP contribution in [0.4, 0.5) is 10.1 Å². The second-order valence-electron chi connectivity index (χ2n) is 8.67. The minimum Gasteiger partial charge on any atom is -0.459 e. The molecule has 3 aromatic rings. The Hall–Kier alpha value is -3.94. The molecule has 8 heteroatoms. The molecule has 4 rings (SSSR count). The predicted molar refractivity (Wildman–Crippen MR) is 129 cm³/mol. The molecule has 1 heterocycles. The van der Waals surface area contributed by atoms with Crippen molar-refractivity contribution in [3.05, 3.63) is 89.6 Å². The average Bonchev–Trinajstić information content (AvgIpc) is 3.57. The van der Waals surface area contributed by atoms with E-state index in [1.54, 1.807) is 24.3 Å². The molecule has 3 amide bonds. The van der Waals surface area contributed by atoms with E-state index in [0.29, 0.717) is 5.69 Å². The SMILES string of the molecule is Cc1ccc(N(C(=O)CNC(=O)c2ccco2)[C@H](C(=O)NC2CCCC2)c2ccccc2F)cc1. The van der Waals surface area contributed by atoms with Gasteiger partial charge < -0.3 is 15.1 Å². The summed E-state index contributed by atoms with van der Waals surface area (Å²) in [6.07, 6.45) is 5.06. The van der Waals surface area contributed by atoms with Crippen LogP contribution in [0.15, 0.2) is 71.3 Å². The van der Waals surface area contributed by atoms with Crippen LogP contribution < -0.4 is 15.5 Å². The summed E-state index contributed by atoms with van der Waals surface area (Å²) in [6, 6.07) is 14.7. The van der Waals surface area contributed by atoms with E-state index in [2.05, 4.69) is 10.6 Å². The number of benzene rings is 2. The second kappa shape index (κ2) is 11.0. The van der Waals surface area contributed by atoms with E-state index in [4.69, 9.17) is 4.42 Å². The van der Waals surface area contributed by atoms with Gasteiger partial charge in [-0.25, -0.2) is 4.39 Å². The third kappa shape index (κ3) is 5.77. The molecule has 0 radical (unpaired) electrons. The van der Waals surface area contributed by atoms with E-state index in [1.807, 2.05) is 19.1 Å². The van der Waals surface area contributed by atoms with Gasteiger partial charge in [-0.05, 0) is 50.1 Å². The zero-order valence-corrected chi connectivity index (χ0v) is 19.5. The Morgan fingerprint density at radius 2 is 1.74 bits per heavy atom. The van der Waals surface area contributed by atoms with Crippen LogP contribution in [-0.2, 0) is 9.59 Å². The van der Waals surface area contributed by atoms with Crippen LogP contribution in [0.1, 0.15) is 53.4 Å². The number of hydrogen-bond donors (Lipinski definition) is 2. The quantitative estimate of drug-likeness (QED) is 0.506. The summed E-state index contributed by atoms with van der Waals surface area (Å²) in [5.41, 5.74) is 1.46. The molecule has 1 saturated carbocycles. The monoisotopic (exact) mass is 477 g/mol. The number of nitrogens with one attached hydrogen (secondary N) is 2. The minimum absolute atomic E-state index is 0.0228. The second-order valence-corrected chi connectivity index (χ2v) is 8.67. The molecule has 182 valence electrons. The van der Waals surface area contributed by atoms with Crippen molar-refractivity contribution in [1.29, 1.82) is 0 Å². The molecule has 0 saturated heterocycles. The average molecular weight is 478 g/mol. The summed E-state index contributed by atoms with van der Waals surface area (Å²) >= 11 is 0. The molecule has 7 nitrogen and oxygen atoms in total. The number of hydrogen-bond acceptors (Lipinski definition) is 4. The van der Waals surface area contributed by atoms with Gasteiger partial charge in [0.15, 0.2) is 5.76 Å². The molecular formula is C27H28FN3O4. The van der Waals surface area contributed by atoms with Gasteiger partial charge in [0.1, 0.15) is 11.9 Å². The van der Waals surface area contributed by atoms with Crippen molar-refractivity contribution in [2.45, 2.75) is 44.7 Å². The molecule has 2 N–H and O–H groups in total. The van der Waals surface area contributed by atoms with Crippen molar-refractivity contribution in [3.63, 3.8) is 0 Å². The summed E-state index contributed by atoms with van der Waals surface area (Å²) in [6.45, 7) is 1.50. The highest BCUT2D eigenvalue weighted by atomic mass is 19.1. The Morgan fingerprint density at radius 1 is 1.03 bits per heavy atom. The zero-order valence-electron chi connectivity index (χ0n) is 19.5. The maximum absolute atomic E-state index is 15.0. The summed E-state index contributed by atoms with van der Waals surface area (Å²) in [7, 11) is 0. The molecule has 35 heavy (non-hydrogen) atoms. The van der Waals surface area contributed by atoms with E-state index in [-0.39, 0.29) is 17.4 Å². The molecule has 1 fully saturated rings. The number of anilines is 1. The molecule has 1 atom stereocenters. The minimum atomic E-state index is -1.26. The molecule has 0 spiro atoms. The standard InChI is InChI=1S/C27H28FN3O4/c1-18-12-14-20(15-13-18)31(24(32)17-29-26(33)23-11-6-16-35-23)25(21-9-4-5-10-22(21)28)27(34)30-19-7-2-3-8-19/h4-6,9-16,19,25H,2-3,7-8,17H2,1H3,(H,29,33)(H,30,34)/t25-/m0/s1. The molecule has 1 aromatic heterocycles. The first-order valence-corrected chi connectivity index (χ1v) is 11.7. The highest BCUT2D eigenvalue weighted by molar-refractivity contribution is 6.04. The zero-order chi connectivity index (χ0) is 24.8. The highest BCUT2D eigenvalue weighted by Gasteiger charge is 2.36. The van der Waals surface area contributed by atoms with Gasteiger partial charge in [0.05, 0.1) is 12.8 Å². The Balaban J connectivity index is 1.69. The summed E-state index contributed by atoms with van der Waals surface area (Å²) in [5.74, 6) is -2.13. The number of nitrogens with zero attached hydrogens (tertiary/aromatic N) is 1. The Labute approximate surface area is 203 Å². The van der Waals surface area contributed by atoms with Crippen LogP contribution in [0.25, 0.3) is 0 Å². The molecule has 2 aromatic carbocycles. The summed E-state index contributed by atoms with van der Waals surface area (Å²) in [5, 5.41) is 5.54. The first-order chi connectivity index (χ1) is 16.9. The van der Waals surface area contributed by atoms with Crippen molar-refractivity contribution in [1.82, 2.24) is 10.6 Å². The van der Waals surface area contributed by atoms with E-state index in [0.717, 1.165) is 31.2 Å². The predicted octanol–water partition coefficient (Wildman–Crippen LogP) is 4.29. The number of halogens is 1. The molecule has 0 aliphatic heterocycles. The fraction of sp³-hybridized carbons (Fsp3) is 0.296. The molecule has 1 aliphatic rings. The number of aryl methyl sites for hydroxylation is 1. The maximum Gasteiger partial charge on any atom is 0.287 e. The van der Waals surface area contributed by atoms with Crippen LogP contribution in [0.3, 0.4) is 0 Å². The van der Waals surface area contributed by atoms with E-state index >= 15 is 4.39 Å². The van der Waals surface area contributed by atoms with Gasteiger partial charge in [0.2, 0.25) is 11.8 Å². The number of amides is 3. The van der Waals surface area contributed by atoms with Crippen molar-refractivity contribution in [2.75, 3.05) is 11.4 Å². The lowest BCUT2D eigenvalue weighted by Crippen LogP contribution is -2.49. The van der Waals surface area contributed by atoms with Gasteiger partial charge in [-0.2, -0.15) is 0 Å². The molecular weight excluding hydrogens is 449 g/mol. The lowest BCUT2D eigenvalue weighted by Gasteiger charge is -2.32. The third-order valence-corrected chi connectivity index (χ3v) is 6.13. The van der Waals surface area contributed by atoms with Crippen LogP contribution in [0.2, 0.25) is 0 Å². The van der Waals surface area contributed by atoms with E-state index in [1.165, 1.54) is 35.4 Å². The fourth-order valence-corrected chi connectivity index (χ4v) is 4.32. The van der Waals surface area contributed by atoms with E-state index in [9.17, 15) is 14.4 Å². The topological polar surface area (TPSA) is 91.7 Å². The van der Waals surface area contributed by atoms with Crippen LogP contribution in [-0.4, -0.2) is 30.3 Å². The van der Waals surface area contributed by atoms with Gasteiger partial charge in [-0.1, -0.05) is 48.7 Å². The lowest BCUT2D eigenvalue weighted by atomic mass is 10.0. The van der Waals surface area contributed by atoms with Gasteiger partial charge in [-0.3, -0.25) is 19.3 Å². The number of carbonyl (C=O) groups excluding carboxylic acids is 3. The maximum atomic E-state index is 15.0. The van der Waals surface area contributed by atoms with E-state index < -0.39 is 36.1 Å². The van der Waals surface area contributed by atoms with Crippen molar-refractivity contribution >= 4 is 23.4 Å². The van der Waals surface area contributed by atoms with Crippen LogP contribution in [0.5, 0.6) is 0 Å². The Bertz CT molecular complexity index is 1170. The number of rotatable bonds is 8.